The van der Waals surface area contributed by atoms with Gasteiger partial charge in [-0.05, 0) is 23.6 Å². The molecule has 0 aromatic heterocycles. The fourth-order valence-corrected chi connectivity index (χ4v) is 1.84. The van der Waals surface area contributed by atoms with Crippen LogP contribution in [0.4, 0.5) is 0 Å². The number of carbonyl (C=O) groups excluding carboxylic acids is 1. The molecular formula is C11H13NO2. The van der Waals surface area contributed by atoms with E-state index in [4.69, 9.17) is 10.8 Å². The quantitative estimate of drug-likeness (QED) is 0.700. The first-order valence-electron chi connectivity index (χ1n) is 4.75. The summed E-state index contributed by atoms with van der Waals surface area (Å²) in [5, 5.41) is 8.95. The van der Waals surface area contributed by atoms with Gasteiger partial charge >= 0.3 is 0 Å². The molecule has 1 atom stereocenters. The van der Waals surface area contributed by atoms with Gasteiger partial charge in [0.25, 0.3) is 0 Å². The average Bonchev–Trinajstić information content (AvgIpc) is 2.23. The van der Waals surface area contributed by atoms with Gasteiger partial charge in [-0.2, -0.15) is 0 Å². The number of carbonyl (C=O) groups is 1. The normalized spacial score (nSPS) is 20.7. The maximum absolute atomic E-state index is 11.6. The number of fused-ring (bicyclic) bond motifs is 1. The molecule has 0 bridgehead atoms. The predicted octanol–water partition coefficient (Wildman–Crippen LogP) is 1.16. The van der Waals surface area contributed by atoms with E-state index in [1.165, 1.54) is 0 Å². The summed E-state index contributed by atoms with van der Waals surface area (Å²) in [5.41, 5.74) is 8.26. The second-order valence-corrected chi connectivity index (χ2v) is 3.65. The Morgan fingerprint density at radius 2 is 2.29 bits per heavy atom. The van der Waals surface area contributed by atoms with Crippen molar-refractivity contribution < 1.29 is 9.90 Å². The fourth-order valence-electron chi connectivity index (χ4n) is 1.84. The first kappa shape index (κ1) is 9.37. The Kier molecular flexibility index (Phi) is 2.35. The highest BCUT2D eigenvalue weighted by Gasteiger charge is 2.22. The van der Waals surface area contributed by atoms with Gasteiger partial charge < -0.3 is 10.8 Å². The van der Waals surface area contributed by atoms with E-state index in [1.807, 2.05) is 12.1 Å². The monoisotopic (exact) mass is 191 g/mol. The number of benzene rings is 1. The summed E-state index contributed by atoms with van der Waals surface area (Å²) < 4.78 is 0. The average molecular weight is 191 g/mol. The van der Waals surface area contributed by atoms with Gasteiger partial charge in [0.05, 0.1) is 6.61 Å². The van der Waals surface area contributed by atoms with Crippen LogP contribution in [0.1, 0.15) is 40.4 Å². The first-order chi connectivity index (χ1) is 6.72. The van der Waals surface area contributed by atoms with Crippen molar-refractivity contribution in [1.82, 2.24) is 0 Å². The number of aliphatic hydroxyl groups is 1. The molecule has 0 saturated heterocycles. The van der Waals surface area contributed by atoms with E-state index < -0.39 is 0 Å². The summed E-state index contributed by atoms with van der Waals surface area (Å²) in [4.78, 5) is 11.6. The Morgan fingerprint density at radius 3 is 3.00 bits per heavy atom. The van der Waals surface area contributed by atoms with Crippen molar-refractivity contribution in [3.05, 3.63) is 34.9 Å². The fraction of sp³-hybridized carbons (Fsp3) is 0.364. The summed E-state index contributed by atoms with van der Waals surface area (Å²) in [6.07, 6.45) is 1.24. The highest BCUT2D eigenvalue weighted by molar-refractivity contribution is 5.98. The number of aliphatic hydroxyl groups excluding tert-OH is 1. The molecule has 1 aliphatic rings. The van der Waals surface area contributed by atoms with Crippen molar-refractivity contribution in [3.63, 3.8) is 0 Å². The molecule has 74 valence electrons. The van der Waals surface area contributed by atoms with Gasteiger partial charge in [-0.1, -0.05) is 12.1 Å². The van der Waals surface area contributed by atoms with Crippen molar-refractivity contribution >= 4 is 5.78 Å². The van der Waals surface area contributed by atoms with Gasteiger partial charge in [0, 0.05) is 18.0 Å². The molecular weight excluding hydrogens is 178 g/mol. The smallest absolute Gasteiger partial charge is 0.163 e. The molecule has 1 aromatic rings. The number of hydrogen-bond donors (Lipinski definition) is 2. The van der Waals surface area contributed by atoms with Crippen LogP contribution < -0.4 is 5.73 Å². The zero-order valence-corrected chi connectivity index (χ0v) is 7.86. The van der Waals surface area contributed by atoms with Crippen molar-refractivity contribution in [3.8, 4) is 0 Å². The highest BCUT2D eigenvalue weighted by atomic mass is 16.3. The molecule has 0 aliphatic heterocycles. The minimum absolute atomic E-state index is 0.0319. The van der Waals surface area contributed by atoms with E-state index in [1.54, 1.807) is 6.07 Å². The highest BCUT2D eigenvalue weighted by Crippen LogP contribution is 2.28. The largest absolute Gasteiger partial charge is 0.392 e. The van der Waals surface area contributed by atoms with Crippen molar-refractivity contribution in [1.29, 1.82) is 0 Å². The Bertz CT molecular complexity index is 374. The zero-order valence-electron chi connectivity index (χ0n) is 7.86. The van der Waals surface area contributed by atoms with Crippen LogP contribution in [-0.2, 0) is 6.61 Å². The van der Waals surface area contributed by atoms with E-state index >= 15 is 0 Å². The molecule has 0 unspecified atom stereocenters. The molecule has 0 amide bonds. The summed E-state index contributed by atoms with van der Waals surface area (Å²) in [7, 11) is 0. The van der Waals surface area contributed by atoms with Crippen molar-refractivity contribution in [2.75, 3.05) is 0 Å². The SMILES string of the molecule is N[C@H]1CCC(=O)c2cc(CO)ccc21. The van der Waals surface area contributed by atoms with E-state index in [-0.39, 0.29) is 18.4 Å². The standard InChI is InChI=1S/C11H13NO2/c12-10-3-4-11(14)9-5-7(6-13)1-2-8(9)10/h1-2,5,10,13H,3-4,6,12H2/t10-/m0/s1. The lowest BCUT2D eigenvalue weighted by Gasteiger charge is -2.21. The molecule has 0 spiro atoms. The van der Waals surface area contributed by atoms with E-state index in [0.717, 1.165) is 17.5 Å². The maximum atomic E-state index is 11.6. The van der Waals surface area contributed by atoms with Crippen molar-refractivity contribution in [2.24, 2.45) is 5.73 Å². The van der Waals surface area contributed by atoms with Crippen LogP contribution in [0.25, 0.3) is 0 Å². The second-order valence-electron chi connectivity index (χ2n) is 3.65. The topological polar surface area (TPSA) is 63.3 Å². The second kappa shape index (κ2) is 3.52. The Morgan fingerprint density at radius 1 is 1.50 bits per heavy atom. The summed E-state index contributed by atoms with van der Waals surface area (Å²) >= 11 is 0. The maximum Gasteiger partial charge on any atom is 0.163 e. The number of nitrogens with two attached hydrogens (primary N) is 1. The van der Waals surface area contributed by atoms with Crippen LogP contribution >= 0.6 is 0 Å². The molecule has 0 radical (unpaired) electrons. The Hall–Kier alpha value is -1.19. The zero-order chi connectivity index (χ0) is 10.1. The van der Waals surface area contributed by atoms with Gasteiger partial charge in [-0.3, -0.25) is 4.79 Å². The number of ketones is 1. The van der Waals surface area contributed by atoms with Crippen molar-refractivity contribution in [2.45, 2.75) is 25.5 Å². The van der Waals surface area contributed by atoms with Crippen LogP contribution in [-0.4, -0.2) is 10.9 Å². The molecule has 2 rings (SSSR count). The Balaban J connectivity index is 2.50. The summed E-state index contributed by atoms with van der Waals surface area (Å²) in [6, 6.07) is 5.38. The molecule has 0 heterocycles. The number of Topliss-reactive ketones (excluding diaryl/α,β-unsaturated/α-hetero) is 1. The van der Waals surface area contributed by atoms with Gasteiger partial charge in [0.1, 0.15) is 0 Å². The van der Waals surface area contributed by atoms with Gasteiger partial charge in [-0.15, -0.1) is 0 Å². The minimum Gasteiger partial charge on any atom is -0.392 e. The van der Waals surface area contributed by atoms with E-state index in [0.29, 0.717) is 12.0 Å². The first-order valence-corrected chi connectivity index (χ1v) is 4.75. The molecule has 1 aromatic carbocycles. The third-order valence-electron chi connectivity index (χ3n) is 2.68. The van der Waals surface area contributed by atoms with Crippen LogP contribution in [0.3, 0.4) is 0 Å². The molecule has 1 aliphatic carbocycles. The lowest BCUT2D eigenvalue weighted by Crippen LogP contribution is -2.21. The molecule has 14 heavy (non-hydrogen) atoms. The molecule has 3 N–H and O–H groups in total. The molecule has 0 saturated carbocycles. The van der Waals surface area contributed by atoms with Crippen LogP contribution in [0.5, 0.6) is 0 Å². The molecule has 3 nitrogen and oxygen atoms in total. The molecule has 0 fully saturated rings. The van der Waals surface area contributed by atoms with Gasteiger partial charge in [-0.25, -0.2) is 0 Å². The van der Waals surface area contributed by atoms with E-state index in [2.05, 4.69) is 0 Å². The lowest BCUT2D eigenvalue weighted by molar-refractivity contribution is 0.0967. The lowest BCUT2D eigenvalue weighted by atomic mass is 9.86. The number of hydrogen-bond acceptors (Lipinski definition) is 3. The third kappa shape index (κ3) is 1.45. The van der Waals surface area contributed by atoms with E-state index in [9.17, 15) is 4.79 Å². The number of rotatable bonds is 1. The van der Waals surface area contributed by atoms with Gasteiger partial charge in [0.2, 0.25) is 0 Å². The summed E-state index contributed by atoms with van der Waals surface area (Å²) in [5.74, 6) is 0.136. The molecule has 3 heteroatoms. The Labute approximate surface area is 82.5 Å². The van der Waals surface area contributed by atoms with Crippen LogP contribution in [0.2, 0.25) is 0 Å². The third-order valence-corrected chi connectivity index (χ3v) is 2.68. The van der Waals surface area contributed by atoms with Gasteiger partial charge in [0.15, 0.2) is 5.78 Å². The summed E-state index contributed by atoms with van der Waals surface area (Å²) in [6.45, 7) is -0.0319. The van der Waals surface area contributed by atoms with Crippen LogP contribution in [0, 0.1) is 0 Å². The van der Waals surface area contributed by atoms with Crippen LogP contribution in [0.15, 0.2) is 18.2 Å². The predicted molar refractivity (Wildman–Crippen MR) is 52.9 cm³/mol. The minimum atomic E-state index is -0.0320.